The molecule has 1 N–H and O–H groups in total. The summed E-state index contributed by atoms with van der Waals surface area (Å²) in [6.07, 6.45) is 0.321. The number of rotatable bonds is 4. The van der Waals surface area contributed by atoms with Gasteiger partial charge in [-0.05, 0) is 48.9 Å². The number of ketones is 1. The second-order valence-electron chi connectivity index (χ2n) is 4.48. The number of amides is 1. The van der Waals surface area contributed by atoms with Crippen LogP contribution in [0.25, 0.3) is 0 Å². The minimum atomic E-state index is -0.0807. The van der Waals surface area contributed by atoms with Crippen molar-refractivity contribution in [3.8, 4) is 0 Å². The number of carbonyl (C=O) groups excluding carboxylic acids is 2. The van der Waals surface area contributed by atoms with Gasteiger partial charge in [-0.25, -0.2) is 0 Å². The molecular weight excluding hydrogens is 318 g/mol. The summed E-state index contributed by atoms with van der Waals surface area (Å²) in [7, 11) is 0. The van der Waals surface area contributed by atoms with E-state index in [2.05, 4.69) is 21.2 Å². The van der Waals surface area contributed by atoms with Gasteiger partial charge in [-0.2, -0.15) is 0 Å². The molecule has 0 aliphatic heterocycles. The Kier molecular flexibility index (Phi) is 4.69. The third kappa shape index (κ3) is 4.03. The van der Waals surface area contributed by atoms with E-state index in [1.807, 2.05) is 24.3 Å². The Morgan fingerprint density at radius 2 is 1.60 bits per heavy atom. The molecule has 0 bridgehead atoms. The molecule has 2 rings (SSSR count). The smallest absolute Gasteiger partial charge is 0.228 e. The highest BCUT2D eigenvalue weighted by Crippen LogP contribution is 2.13. The van der Waals surface area contributed by atoms with Gasteiger partial charge in [0.25, 0.3) is 0 Å². The van der Waals surface area contributed by atoms with E-state index in [1.165, 1.54) is 6.92 Å². The molecular formula is C16H14BrNO2. The summed E-state index contributed by atoms with van der Waals surface area (Å²) in [5.41, 5.74) is 2.28. The number of benzene rings is 2. The van der Waals surface area contributed by atoms with Crippen LogP contribution in [0.2, 0.25) is 0 Å². The van der Waals surface area contributed by atoms with Gasteiger partial charge in [0.2, 0.25) is 5.91 Å². The first-order valence-corrected chi connectivity index (χ1v) is 6.99. The van der Waals surface area contributed by atoms with Crippen molar-refractivity contribution in [2.24, 2.45) is 0 Å². The lowest BCUT2D eigenvalue weighted by Gasteiger charge is -2.06. The van der Waals surface area contributed by atoms with Crippen molar-refractivity contribution in [2.45, 2.75) is 13.3 Å². The van der Waals surface area contributed by atoms with E-state index in [1.54, 1.807) is 24.3 Å². The number of nitrogens with one attached hydrogen (secondary N) is 1. The summed E-state index contributed by atoms with van der Waals surface area (Å²) in [5, 5.41) is 2.81. The maximum absolute atomic E-state index is 11.9. The third-order valence-electron chi connectivity index (χ3n) is 2.85. The summed E-state index contributed by atoms with van der Waals surface area (Å²) in [4.78, 5) is 23.1. The largest absolute Gasteiger partial charge is 0.326 e. The maximum Gasteiger partial charge on any atom is 0.228 e. The van der Waals surface area contributed by atoms with E-state index in [-0.39, 0.29) is 11.7 Å². The van der Waals surface area contributed by atoms with E-state index in [4.69, 9.17) is 0 Å². The van der Waals surface area contributed by atoms with Gasteiger partial charge in [0.15, 0.2) is 5.78 Å². The number of Topliss-reactive ketones (excluding diaryl/α,β-unsaturated/α-hetero) is 1. The van der Waals surface area contributed by atoms with Gasteiger partial charge < -0.3 is 5.32 Å². The first-order valence-electron chi connectivity index (χ1n) is 6.20. The third-order valence-corrected chi connectivity index (χ3v) is 3.38. The van der Waals surface area contributed by atoms with Crippen molar-refractivity contribution in [3.63, 3.8) is 0 Å². The molecule has 0 heterocycles. The average molecular weight is 332 g/mol. The van der Waals surface area contributed by atoms with Gasteiger partial charge >= 0.3 is 0 Å². The van der Waals surface area contributed by atoms with Crippen molar-refractivity contribution in [2.75, 3.05) is 5.32 Å². The second kappa shape index (κ2) is 6.48. The first kappa shape index (κ1) is 14.5. The van der Waals surface area contributed by atoms with Crippen LogP contribution in [0.15, 0.2) is 53.0 Å². The van der Waals surface area contributed by atoms with Crippen molar-refractivity contribution < 1.29 is 9.59 Å². The molecule has 0 saturated carbocycles. The molecule has 2 aromatic carbocycles. The molecule has 0 radical (unpaired) electrons. The predicted molar refractivity (Wildman–Crippen MR) is 82.9 cm³/mol. The average Bonchev–Trinajstić information content (AvgIpc) is 2.42. The van der Waals surface area contributed by atoms with Crippen LogP contribution in [0.4, 0.5) is 5.69 Å². The maximum atomic E-state index is 11.9. The Balaban J connectivity index is 1.97. The lowest BCUT2D eigenvalue weighted by molar-refractivity contribution is -0.115. The number of carbonyl (C=O) groups is 2. The Morgan fingerprint density at radius 1 is 1.00 bits per heavy atom. The topological polar surface area (TPSA) is 46.2 Å². The lowest BCUT2D eigenvalue weighted by atomic mass is 10.1. The van der Waals surface area contributed by atoms with Gasteiger partial charge in [-0.15, -0.1) is 0 Å². The summed E-state index contributed by atoms with van der Waals surface area (Å²) in [6, 6.07) is 14.5. The molecule has 0 aromatic heterocycles. The Morgan fingerprint density at radius 3 is 2.15 bits per heavy atom. The first-order chi connectivity index (χ1) is 9.54. The van der Waals surface area contributed by atoms with Crippen molar-refractivity contribution in [3.05, 3.63) is 64.1 Å². The highest BCUT2D eigenvalue weighted by Gasteiger charge is 2.05. The van der Waals surface area contributed by atoms with E-state index in [0.717, 1.165) is 10.0 Å². The molecule has 1 amide bonds. The zero-order valence-electron chi connectivity index (χ0n) is 11.0. The number of halogens is 1. The minimum Gasteiger partial charge on any atom is -0.326 e. The van der Waals surface area contributed by atoms with E-state index in [0.29, 0.717) is 17.7 Å². The molecule has 2 aromatic rings. The van der Waals surface area contributed by atoms with Crippen molar-refractivity contribution in [1.29, 1.82) is 0 Å². The highest BCUT2D eigenvalue weighted by molar-refractivity contribution is 9.10. The number of hydrogen-bond donors (Lipinski definition) is 1. The number of anilines is 1. The molecule has 4 heteroatoms. The van der Waals surface area contributed by atoms with Crippen LogP contribution >= 0.6 is 15.9 Å². The van der Waals surface area contributed by atoms with Crippen LogP contribution in [-0.2, 0) is 11.2 Å². The Hall–Kier alpha value is -1.94. The monoisotopic (exact) mass is 331 g/mol. The van der Waals surface area contributed by atoms with Gasteiger partial charge in [0, 0.05) is 15.7 Å². The van der Waals surface area contributed by atoms with Crippen LogP contribution in [0.1, 0.15) is 22.8 Å². The molecule has 102 valence electrons. The zero-order valence-corrected chi connectivity index (χ0v) is 12.6. The molecule has 0 unspecified atom stereocenters. The standard InChI is InChI=1S/C16H14BrNO2/c1-11(19)13-4-8-15(9-5-13)18-16(20)10-12-2-6-14(17)7-3-12/h2-9H,10H2,1H3,(H,18,20). The molecule has 0 atom stereocenters. The van der Waals surface area contributed by atoms with E-state index in [9.17, 15) is 9.59 Å². The molecule has 0 aliphatic carbocycles. The fraction of sp³-hybridized carbons (Fsp3) is 0.125. The Bertz CT molecular complexity index is 618. The summed E-state index contributed by atoms with van der Waals surface area (Å²) < 4.78 is 0.987. The predicted octanol–water partition coefficient (Wildman–Crippen LogP) is 3.83. The Labute approximate surface area is 126 Å². The minimum absolute atomic E-state index is 0.0118. The molecule has 0 saturated heterocycles. The normalized spacial score (nSPS) is 10.1. The van der Waals surface area contributed by atoms with Crippen molar-refractivity contribution in [1.82, 2.24) is 0 Å². The summed E-state index contributed by atoms with van der Waals surface area (Å²) in [6.45, 7) is 1.52. The SMILES string of the molecule is CC(=O)c1ccc(NC(=O)Cc2ccc(Br)cc2)cc1. The molecule has 20 heavy (non-hydrogen) atoms. The van der Waals surface area contributed by atoms with Crippen molar-refractivity contribution >= 4 is 33.3 Å². The van der Waals surface area contributed by atoms with Gasteiger partial charge in [0.05, 0.1) is 6.42 Å². The van der Waals surface area contributed by atoms with E-state index < -0.39 is 0 Å². The molecule has 0 spiro atoms. The lowest BCUT2D eigenvalue weighted by Crippen LogP contribution is -2.14. The van der Waals surface area contributed by atoms with Gasteiger partial charge in [-0.1, -0.05) is 28.1 Å². The summed E-state index contributed by atoms with van der Waals surface area (Å²) >= 11 is 3.36. The molecule has 0 fully saturated rings. The van der Waals surface area contributed by atoms with Crippen LogP contribution in [-0.4, -0.2) is 11.7 Å². The number of hydrogen-bond acceptors (Lipinski definition) is 2. The fourth-order valence-electron chi connectivity index (χ4n) is 1.78. The molecule has 3 nitrogen and oxygen atoms in total. The van der Waals surface area contributed by atoms with Crippen LogP contribution < -0.4 is 5.32 Å². The van der Waals surface area contributed by atoms with Crippen LogP contribution in [0.3, 0.4) is 0 Å². The molecule has 0 aliphatic rings. The summed E-state index contributed by atoms with van der Waals surface area (Å²) in [5.74, 6) is -0.0689. The van der Waals surface area contributed by atoms with Gasteiger partial charge in [-0.3, -0.25) is 9.59 Å². The zero-order chi connectivity index (χ0) is 14.5. The van der Waals surface area contributed by atoms with Crippen LogP contribution in [0.5, 0.6) is 0 Å². The highest BCUT2D eigenvalue weighted by atomic mass is 79.9. The second-order valence-corrected chi connectivity index (χ2v) is 5.40. The van der Waals surface area contributed by atoms with Gasteiger partial charge in [0.1, 0.15) is 0 Å². The van der Waals surface area contributed by atoms with Crippen LogP contribution in [0, 0.1) is 0 Å². The van der Waals surface area contributed by atoms with E-state index >= 15 is 0 Å². The quantitative estimate of drug-likeness (QED) is 0.865. The fourth-order valence-corrected chi connectivity index (χ4v) is 2.05.